The van der Waals surface area contributed by atoms with E-state index < -0.39 is 0 Å². The predicted octanol–water partition coefficient (Wildman–Crippen LogP) is 4.02. The summed E-state index contributed by atoms with van der Waals surface area (Å²) in [6.07, 6.45) is 2.91. The summed E-state index contributed by atoms with van der Waals surface area (Å²) in [6, 6.07) is 16.2. The molecule has 1 saturated heterocycles. The number of ether oxygens (including phenoxy) is 3. The third kappa shape index (κ3) is 4.58. The maximum atomic E-state index is 12.7. The van der Waals surface area contributed by atoms with Crippen molar-refractivity contribution in [2.24, 2.45) is 5.92 Å². The first kappa shape index (κ1) is 20.6. The number of benzene rings is 2. The van der Waals surface area contributed by atoms with Crippen molar-refractivity contribution in [3.05, 3.63) is 65.2 Å². The highest BCUT2D eigenvalue weighted by atomic mass is 16.5. The summed E-state index contributed by atoms with van der Waals surface area (Å²) in [4.78, 5) is 15.0. The third-order valence-electron chi connectivity index (χ3n) is 5.86. The average Bonchev–Trinajstić information content (AvgIpc) is 2.77. The molecule has 0 unspecified atom stereocenters. The molecule has 0 saturated carbocycles. The van der Waals surface area contributed by atoms with Crippen molar-refractivity contribution in [3.63, 3.8) is 0 Å². The molecule has 0 N–H and O–H groups in total. The van der Waals surface area contributed by atoms with E-state index in [1.54, 1.807) is 7.11 Å². The molecule has 0 amide bonds. The first-order valence-corrected chi connectivity index (χ1v) is 10.6. The van der Waals surface area contributed by atoms with Crippen LogP contribution in [0.2, 0.25) is 0 Å². The molecule has 158 valence electrons. The Kier molecular flexibility index (Phi) is 6.50. The highest BCUT2D eigenvalue weighted by Crippen LogP contribution is 2.36. The predicted molar refractivity (Wildman–Crippen MR) is 117 cm³/mol. The fourth-order valence-corrected chi connectivity index (χ4v) is 4.22. The zero-order valence-electron chi connectivity index (χ0n) is 17.7. The Morgan fingerprint density at radius 1 is 1.17 bits per heavy atom. The number of fused-ring (bicyclic) bond motifs is 1. The Balaban J connectivity index is 1.39. The van der Waals surface area contributed by atoms with Gasteiger partial charge in [0.15, 0.2) is 0 Å². The number of likely N-dealkylation sites (tertiary alicyclic amines) is 1. The summed E-state index contributed by atoms with van der Waals surface area (Å²) >= 11 is 0. The van der Waals surface area contributed by atoms with Crippen LogP contribution in [0.3, 0.4) is 0 Å². The summed E-state index contributed by atoms with van der Waals surface area (Å²) in [7, 11) is 1.69. The maximum absolute atomic E-state index is 12.7. The van der Waals surface area contributed by atoms with Crippen LogP contribution in [-0.4, -0.2) is 50.3 Å². The van der Waals surface area contributed by atoms with E-state index in [0.29, 0.717) is 19.8 Å². The lowest BCUT2D eigenvalue weighted by atomic mass is 9.87. The van der Waals surface area contributed by atoms with Gasteiger partial charge in [-0.1, -0.05) is 36.4 Å². The van der Waals surface area contributed by atoms with Crippen molar-refractivity contribution in [1.82, 2.24) is 4.90 Å². The fraction of sp³-hybridized carbons (Fsp3) is 0.400. The van der Waals surface area contributed by atoms with Gasteiger partial charge in [0, 0.05) is 19.6 Å². The molecule has 1 aliphatic heterocycles. The number of nitrogens with zero attached hydrogens (tertiary/aromatic N) is 1. The van der Waals surface area contributed by atoms with Crippen LogP contribution >= 0.6 is 0 Å². The lowest BCUT2D eigenvalue weighted by Gasteiger charge is -2.38. The van der Waals surface area contributed by atoms with Crippen molar-refractivity contribution in [1.29, 1.82) is 0 Å². The maximum Gasteiger partial charge on any atom is 0.312 e. The first-order valence-electron chi connectivity index (χ1n) is 10.6. The van der Waals surface area contributed by atoms with E-state index in [2.05, 4.69) is 23.1 Å². The Labute approximate surface area is 178 Å². The second-order valence-electron chi connectivity index (χ2n) is 7.84. The minimum atomic E-state index is -0.270. The molecule has 5 heteroatoms. The molecule has 0 aromatic heterocycles. The molecule has 2 aromatic carbocycles. The number of hydrogen-bond acceptors (Lipinski definition) is 5. The van der Waals surface area contributed by atoms with E-state index in [1.807, 2.05) is 43.3 Å². The summed E-state index contributed by atoms with van der Waals surface area (Å²) in [5.74, 6) is 0.439. The van der Waals surface area contributed by atoms with Gasteiger partial charge in [-0.05, 0) is 53.8 Å². The van der Waals surface area contributed by atoms with Gasteiger partial charge in [-0.3, -0.25) is 9.69 Å². The zero-order valence-corrected chi connectivity index (χ0v) is 17.7. The number of piperidine rings is 1. The van der Waals surface area contributed by atoms with Gasteiger partial charge in [0.1, 0.15) is 5.75 Å². The van der Waals surface area contributed by atoms with Crippen LogP contribution in [0.25, 0.3) is 11.6 Å². The third-order valence-corrected chi connectivity index (χ3v) is 5.86. The highest BCUT2D eigenvalue weighted by Gasteiger charge is 2.37. The Morgan fingerprint density at radius 2 is 2.00 bits per heavy atom. The topological polar surface area (TPSA) is 48.0 Å². The summed E-state index contributed by atoms with van der Waals surface area (Å²) < 4.78 is 16.9. The van der Waals surface area contributed by atoms with Gasteiger partial charge >= 0.3 is 5.97 Å². The van der Waals surface area contributed by atoms with E-state index in [-0.39, 0.29) is 18.0 Å². The van der Waals surface area contributed by atoms with Crippen molar-refractivity contribution >= 4 is 17.6 Å². The Morgan fingerprint density at radius 3 is 2.77 bits per heavy atom. The highest BCUT2D eigenvalue weighted by molar-refractivity contribution is 5.96. The normalized spacial score (nSPS) is 20.7. The minimum Gasteiger partial charge on any atom is -0.497 e. The second kappa shape index (κ2) is 9.45. The SMILES string of the molecule is CCOC(=O)[C@@H]1CN(CC2=Cc3ccc(OC)cc32)CC[C@H]1OCc1ccccc1. The monoisotopic (exact) mass is 407 g/mol. The van der Waals surface area contributed by atoms with Gasteiger partial charge < -0.3 is 14.2 Å². The standard InChI is InChI=1S/C25H29NO4/c1-3-29-25(27)23-16-26(12-11-24(23)30-17-18-7-5-4-6-8-18)15-20-13-19-9-10-21(28-2)14-22(19)20/h4-10,13-14,23-24H,3,11-12,15-17H2,1-2H3/t23-,24-/m1/s1. The van der Waals surface area contributed by atoms with Crippen LogP contribution in [-0.2, 0) is 20.9 Å². The lowest BCUT2D eigenvalue weighted by Crippen LogP contribution is -2.48. The van der Waals surface area contributed by atoms with E-state index >= 15 is 0 Å². The van der Waals surface area contributed by atoms with Crippen molar-refractivity contribution in [3.8, 4) is 5.75 Å². The zero-order chi connectivity index (χ0) is 20.9. The molecule has 4 rings (SSSR count). The Hall–Kier alpha value is -2.63. The second-order valence-corrected chi connectivity index (χ2v) is 7.84. The molecule has 0 spiro atoms. The molecule has 1 heterocycles. The van der Waals surface area contributed by atoms with Crippen LogP contribution in [0.1, 0.15) is 30.0 Å². The first-order chi connectivity index (χ1) is 14.7. The summed E-state index contributed by atoms with van der Waals surface area (Å²) in [6.45, 7) is 5.11. The molecule has 1 aliphatic carbocycles. The average molecular weight is 408 g/mol. The van der Waals surface area contributed by atoms with Crippen molar-refractivity contribution in [2.45, 2.75) is 26.1 Å². The number of hydrogen-bond donors (Lipinski definition) is 0. The van der Waals surface area contributed by atoms with Crippen molar-refractivity contribution < 1.29 is 19.0 Å². The molecule has 2 atom stereocenters. The molecule has 2 aliphatic rings. The van der Waals surface area contributed by atoms with E-state index in [1.165, 1.54) is 16.7 Å². The summed E-state index contributed by atoms with van der Waals surface area (Å²) in [5.41, 5.74) is 4.89. The van der Waals surface area contributed by atoms with Crippen LogP contribution < -0.4 is 4.74 Å². The summed E-state index contributed by atoms with van der Waals surface area (Å²) in [5, 5.41) is 0. The minimum absolute atomic E-state index is 0.122. The van der Waals surface area contributed by atoms with Gasteiger partial charge in [-0.25, -0.2) is 0 Å². The van der Waals surface area contributed by atoms with E-state index in [9.17, 15) is 4.79 Å². The molecule has 0 bridgehead atoms. The van der Waals surface area contributed by atoms with Gasteiger partial charge in [0.25, 0.3) is 0 Å². The van der Waals surface area contributed by atoms with Crippen LogP contribution in [0.5, 0.6) is 5.75 Å². The Bertz CT molecular complexity index is 909. The lowest BCUT2D eigenvalue weighted by molar-refractivity contribution is -0.158. The number of carbonyl (C=O) groups is 1. The van der Waals surface area contributed by atoms with Gasteiger partial charge in [-0.15, -0.1) is 0 Å². The van der Waals surface area contributed by atoms with Gasteiger partial charge in [-0.2, -0.15) is 0 Å². The molecular formula is C25H29NO4. The largest absolute Gasteiger partial charge is 0.497 e. The van der Waals surface area contributed by atoms with Crippen LogP contribution in [0, 0.1) is 5.92 Å². The number of methoxy groups -OCH3 is 1. The van der Waals surface area contributed by atoms with Crippen molar-refractivity contribution in [2.75, 3.05) is 33.4 Å². The smallest absolute Gasteiger partial charge is 0.312 e. The van der Waals surface area contributed by atoms with Gasteiger partial charge in [0.05, 0.1) is 32.3 Å². The molecular weight excluding hydrogens is 378 g/mol. The quantitative estimate of drug-likeness (QED) is 0.619. The number of esters is 1. The number of carbonyl (C=O) groups excluding carboxylic acids is 1. The fourth-order valence-electron chi connectivity index (χ4n) is 4.22. The van der Waals surface area contributed by atoms with E-state index in [0.717, 1.165) is 30.8 Å². The number of rotatable bonds is 8. The van der Waals surface area contributed by atoms with Crippen LogP contribution in [0.4, 0.5) is 0 Å². The molecule has 0 radical (unpaired) electrons. The molecule has 5 nitrogen and oxygen atoms in total. The molecule has 2 aromatic rings. The molecule has 30 heavy (non-hydrogen) atoms. The van der Waals surface area contributed by atoms with E-state index in [4.69, 9.17) is 14.2 Å². The molecule has 1 fully saturated rings. The van der Waals surface area contributed by atoms with Crippen LogP contribution in [0.15, 0.2) is 48.5 Å². The van der Waals surface area contributed by atoms with Gasteiger partial charge in [0.2, 0.25) is 0 Å².